The first-order valence-corrected chi connectivity index (χ1v) is 6.39. The summed E-state index contributed by atoms with van der Waals surface area (Å²) in [5, 5.41) is 0. The highest BCUT2D eigenvalue weighted by Gasteiger charge is 2.20. The van der Waals surface area contributed by atoms with Gasteiger partial charge in [0.1, 0.15) is 12.1 Å². The van der Waals surface area contributed by atoms with Gasteiger partial charge < -0.3 is 10.2 Å². The van der Waals surface area contributed by atoms with Gasteiger partial charge in [0.25, 0.3) is 0 Å². The number of oxazole rings is 1. The van der Waals surface area contributed by atoms with Crippen molar-refractivity contribution in [1.29, 1.82) is 0 Å². The second-order valence-electron chi connectivity index (χ2n) is 4.94. The molecule has 0 bridgehead atoms. The predicted octanol–water partition coefficient (Wildman–Crippen LogP) is 2.44. The molecule has 108 valence electrons. The van der Waals surface area contributed by atoms with Crippen LogP contribution >= 0.6 is 12.4 Å². The molecular formula is C14H17ClFN3O. The molecule has 0 saturated carbocycles. The third-order valence-corrected chi connectivity index (χ3v) is 3.32. The van der Waals surface area contributed by atoms with Crippen LogP contribution in [0.2, 0.25) is 0 Å². The molecule has 2 heterocycles. The maximum absolute atomic E-state index is 13.1. The van der Waals surface area contributed by atoms with Crippen molar-refractivity contribution in [1.82, 2.24) is 9.88 Å². The Morgan fingerprint density at radius 1 is 1.45 bits per heavy atom. The quantitative estimate of drug-likeness (QED) is 0.945. The van der Waals surface area contributed by atoms with E-state index in [1.54, 1.807) is 18.4 Å². The van der Waals surface area contributed by atoms with Crippen LogP contribution in [0, 0.1) is 5.82 Å². The zero-order valence-electron chi connectivity index (χ0n) is 11.0. The SMILES string of the molecule is Cl.N[C@H]1CCN(Cc2coc(-c3cccc(F)c3)n2)C1. The maximum Gasteiger partial charge on any atom is 0.226 e. The van der Waals surface area contributed by atoms with Crippen molar-refractivity contribution in [2.24, 2.45) is 5.73 Å². The average Bonchev–Trinajstić information content (AvgIpc) is 2.99. The zero-order chi connectivity index (χ0) is 13.2. The van der Waals surface area contributed by atoms with Crippen LogP contribution in [0.4, 0.5) is 4.39 Å². The summed E-state index contributed by atoms with van der Waals surface area (Å²) < 4.78 is 18.5. The molecule has 0 spiro atoms. The van der Waals surface area contributed by atoms with E-state index in [0.29, 0.717) is 11.5 Å². The van der Waals surface area contributed by atoms with Crippen molar-refractivity contribution in [2.75, 3.05) is 13.1 Å². The first kappa shape index (κ1) is 15.0. The van der Waals surface area contributed by atoms with Gasteiger partial charge in [-0.25, -0.2) is 9.37 Å². The fraction of sp³-hybridized carbons (Fsp3) is 0.357. The largest absolute Gasteiger partial charge is 0.444 e. The minimum absolute atomic E-state index is 0. The van der Waals surface area contributed by atoms with Crippen molar-refractivity contribution in [2.45, 2.75) is 19.0 Å². The summed E-state index contributed by atoms with van der Waals surface area (Å²) in [7, 11) is 0. The lowest BCUT2D eigenvalue weighted by Gasteiger charge is -2.12. The Labute approximate surface area is 123 Å². The molecule has 1 aliphatic rings. The van der Waals surface area contributed by atoms with Gasteiger partial charge in [-0.05, 0) is 24.6 Å². The number of benzene rings is 1. The fourth-order valence-corrected chi connectivity index (χ4v) is 2.37. The number of nitrogens with two attached hydrogens (primary N) is 1. The molecule has 0 unspecified atom stereocenters. The Morgan fingerprint density at radius 3 is 3.00 bits per heavy atom. The fourth-order valence-electron chi connectivity index (χ4n) is 2.37. The third kappa shape index (κ3) is 3.36. The first-order valence-electron chi connectivity index (χ1n) is 6.39. The summed E-state index contributed by atoms with van der Waals surface area (Å²) in [6.07, 6.45) is 2.65. The lowest BCUT2D eigenvalue weighted by Crippen LogP contribution is -2.26. The van der Waals surface area contributed by atoms with Crippen molar-refractivity contribution in [3.05, 3.63) is 42.0 Å². The summed E-state index contributed by atoms with van der Waals surface area (Å²) in [5.41, 5.74) is 7.38. The number of aromatic nitrogens is 1. The number of nitrogens with zero attached hydrogens (tertiary/aromatic N) is 2. The topological polar surface area (TPSA) is 55.3 Å². The van der Waals surface area contributed by atoms with Gasteiger partial charge in [0.2, 0.25) is 5.89 Å². The molecule has 1 saturated heterocycles. The van der Waals surface area contributed by atoms with E-state index in [4.69, 9.17) is 10.2 Å². The number of rotatable bonds is 3. The van der Waals surface area contributed by atoms with Gasteiger partial charge in [0.15, 0.2) is 0 Å². The Morgan fingerprint density at radius 2 is 2.30 bits per heavy atom. The molecule has 2 aromatic rings. The Balaban J connectivity index is 0.00000147. The van der Waals surface area contributed by atoms with E-state index in [9.17, 15) is 4.39 Å². The lowest BCUT2D eigenvalue weighted by atomic mass is 10.2. The predicted molar refractivity (Wildman–Crippen MR) is 77.0 cm³/mol. The number of likely N-dealkylation sites (tertiary alicyclic amines) is 1. The van der Waals surface area contributed by atoms with Crippen LogP contribution in [0.5, 0.6) is 0 Å². The molecular weight excluding hydrogens is 281 g/mol. The van der Waals surface area contributed by atoms with E-state index in [1.165, 1.54) is 12.1 Å². The number of halogens is 2. The summed E-state index contributed by atoms with van der Waals surface area (Å²) in [5.74, 6) is 0.167. The molecule has 1 aliphatic heterocycles. The van der Waals surface area contributed by atoms with Gasteiger partial charge in [-0.1, -0.05) is 6.07 Å². The monoisotopic (exact) mass is 297 g/mol. The lowest BCUT2D eigenvalue weighted by molar-refractivity contribution is 0.322. The minimum atomic E-state index is -0.289. The van der Waals surface area contributed by atoms with Crippen LogP contribution in [0.1, 0.15) is 12.1 Å². The average molecular weight is 298 g/mol. The zero-order valence-corrected chi connectivity index (χ0v) is 11.8. The maximum atomic E-state index is 13.1. The van der Waals surface area contributed by atoms with Crippen LogP contribution in [0.25, 0.3) is 11.5 Å². The molecule has 1 aromatic carbocycles. The first-order chi connectivity index (χ1) is 9.20. The normalized spacial score (nSPS) is 19.0. The molecule has 0 radical (unpaired) electrons. The van der Waals surface area contributed by atoms with E-state index in [-0.39, 0.29) is 24.3 Å². The van der Waals surface area contributed by atoms with Crippen LogP contribution in [-0.2, 0) is 6.54 Å². The molecule has 1 atom stereocenters. The van der Waals surface area contributed by atoms with Gasteiger partial charge >= 0.3 is 0 Å². The van der Waals surface area contributed by atoms with Crippen molar-refractivity contribution in [3.8, 4) is 11.5 Å². The summed E-state index contributed by atoms with van der Waals surface area (Å²) in [6, 6.07) is 6.51. The van der Waals surface area contributed by atoms with Crippen LogP contribution < -0.4 is 5.73 Å². The summed E-state index contributed by atoms with van der Waals surface area (Å²) >= 11 is 0. The van der Waals surface area contributed by atoms with Crippen molar-refractivity contribution < 1.29 is 8.81 Å². The van der Waals surface area contributed by atoms with Crippen molar-refractivity contribution >= 4 is 12.4 Å². The second-order valence-corrected chi connectivity index (χ2v) is 4.94. The number of hydrogen-bond acceptors (Lipinski definition) is 4. The highest BCUT2D eigenvalue weighted by Crippen LogP contribution is 2.20. The van der Waals surface area contributed by atoms with Gasteiger partial charge in [-0.2, -0.15) is 0 Å². The minimum Gasteiger partial charge on any atom is -0.444 e. The molecule has 1 fully saturated rings. The second kappa shape index (κ2) is 6.35. The molecule has 20 heavy (non-hydrogen) atoms. The summed E-state index contributed by atoms with van der Waals surface area (Å²) in [4.78, 5) is 6.64. The Hall–Kier alpha value is -1.43. The Bertz CT molecular complexity index is 575. The molecule has 2 N–H and O–H groups in total. The third-order valence-electron chi connectivity index (χ3n) is 3.32. The van der Waals surface area contributed by atoms with Gasteiger partial charge in [-0.3, -0.25) is 4.90 Å². The molecule has 6 heteroatoms. The molecule has 3 rings (SSSR count). The van der Waals surface area contributed by atoms with Crippen LogP contribution in [0.15, 0.2) is 34.9 Å². The summed E-state index contributed by atoms with van der Waals surface area (Å²) in [6.45, 7) is 2.61. The highest BCUT2D eigenvalue weighted by atomic mass is 35.5. The van der Waals surface area contributed by atoms with Gasteiger partial charge in [-0.15, -0.1) is 12.4 Å². The number of hydrogen-bond donors (Lipinski definition) is 1. The molecule has 1 aromatic heterocycles. The highest BCUT2D eigenvalue weighted by molar-refractivity contribution is 5.85. The van der Waals surface area contributed by atoms with Crippen LogP contribution in [0.3, 0.4) is 0 Å². The Kier molecular flexibility index (Phi) is 4.75. The van der Waals surface area contributed by atoms with Crippen LogP contribution in [-0.4, -0.2) is 29.0 Å². The smallest absolute Gasteiger partial charge is 0.226 e. The molecule has 0 aliphatic carbocycles. The van der Waals surface area contributed by atoms with Gasteiger partial charge in [0, 0.05) is 31.2 Å². The van der Waals surface area contributed by atoms with Gasteiger partial charge in [0.05, 0.1) is 5.69 Å². The molecule has 0 amide bonds. The standard InChI is InChI=1S/C14H16FN3O.ClH/c15-11-3-1-2-10(6-11)14-17-13(9-19-14)8-18-5-4-12(16)7-18;/h1-3,6,9,12H,4-5,7-8,16H2;1H/t12-;/m0./s1. The van der Waals surface area contributed by atoms with E-state index in [2.05, 4.69) is 9.88 Å². The van der Waals surface area contributed by atoms with E-state index < -0.39 is 0 Å². The van der Waals surface area contributed by atoms with E-state index in [1.807, 2.05) is 0 Å². The molecule has 4 nitrogen and oxygen atoms in total. The van der Waals surface area contributed by atoms with E-state index in [0.717, 1.165) is 31.7 Å². The van der Waals surface area contributed by atoms with Crippen molar-refractivity contribution in [3.63, 3.8) is 0 Å². The van der Waals surface area contributed by atoms with E-state index >= 15 is 0 Å².